The summed E-state index contributed by atoms with van der Waals surface area (Å²) in [6.07, 6.45) is 0.638. The smallest absolute Gasteiger partial charge is 0.249 e. The van der Waals surface area contributed by atoms with Crippen LogP contribution < -0.4 is 19.7 Å². The number of hydrogen-bond donors (Lipinski definition) is 1. The number of amides is 2. The van der Waals surface area contributed by atoms with E-state index in [9.17, 15) is 14.0 Å². The van der Waals surface area contributed by atoms with Crippen LogP contribution in [-0.4, -0.2) is 46.6 Å². The third kappa shape index (κ3) is 5.84. The summed E-state index contributed by atoms with van der Waals surface area (Å²) in [5, 5.41) is 11.3. The second-order valence-electron chi connectivity index (χ2n) is 9.69. The fourth-order valence-electron chi connectivity index (χ4n) is 4.32. The molecule has 39 heavy (non-hydrogen) atoms. The molecule has 0 fully saturated rings. The molecular formula is C29H32FN5O4. The van der Waals surface area contributed by atoms with Crippen LogP contribution in [0.3, 0.4) is 0 Å². The maximum absolute atomic E-state index is 14.5. The van der Waals surface area contributed by atoms with Gasteiger partial charge in [-0.25, -0.2) is 9.07 Å². The summed E-state index contributed by atoms with van der Waals surface area (Å²) >= 11 is 0. The van der Waals surface area contributed by atoms with Gasteiger partial charge >= 0.3 is 0 Å². The van der Waals surface area contributed by atoms with Crippen molar-refractivity contribution in [2.24, 2.45) is 0 Å². The molecular weight excluding hydrogens is 501 g/mol. The molecule has 10 heteroatoms. The van der Waals surface area contributed by atoms with Crippen LogP contribution in [0.4, 0.5) is 10.1 Å². The third-order valence-corrected chi connectivity index (χ3v) is 6.64. The number of benzene rings is 3. The van der Waals surface area contributed by atoms with Crippen LogP contribution in [0.5, 0.6) is 11.5 Å². The van der Waals surface area contributed by atoms with Gasteiger partial charge in [-0.05, 0) is 56.7 Å². The summed E-state index contributed by atoms with van der Waals surface area (Å²) in [5.74, 6) is -0.849. The van der Waals surface area contributed by atoms with Gasteiger partial charge in [0.2, 0.25) is 11.8 Å². The van der Waals surface area contributed by atoms with Crippen LogP contribution in [0, 0.1) is 5.82 Å². The Morgan fingerprint density at radius 2 is 1.79 bits per heavy atom. The van der Waals surface area contributed by atoms with Gasteiger partial charge in [-0.3, -0.25) is 14.5 Å². The zero-order valence-corrected chi connectivity index (χ0v) is 22.6. The Morgan fingerprint density at radius 1 is 1.05 bits per heavy atom. The van der Waals surface area contributed by atoms with Crippen molar-refractivity contribution in [1.82, 2.24) is 20.3 Å². The lowest BCUT2D eigenvalue weighted by molar-refractivity contribution is -0.128. The summed E-state index contributed by atoms with van der Waals surface area (Å²) in [6.45, 7) is 5.48. The molecule has 3 aromatic carbocycles. The first-order chi connectivity index (χ1) is 18.7. The summed E-state index contributed by atoms with van der Waals surface area (Å²) in [6, 6.07) is 16.7. The molecule has 1 N–H and O–H groups in total. The standard InChI is InChI=1S/C29H32FN5O4/c1-6-29(2,3)31-28(37)26(21-13-10-16-24(38-4)27(21)39-5)35(20-12-9-11-19(30)17-20)25(36)18-34-23-15-8-7-14-22(23)32-33-34/h7-17,26H,6,18H2,1-5H3,(H,31,37)/t26-/m1/s1. The minimum Gasteiger partial charge on any atom is -0.493 e. The Balaban J connectivity index is 1.90. The van der Waals surface area contributed by atoms with Gasteiger partial charge in [0.15, 0.2) is 11.5 Å². The fourth-order valence-corrected chi connectivity index (χ4v) is 4.32. The maximum atomic E-state index is 14.5. The molecule has 0 saturated heterocycles. The normalized spacial score (nSPS) is 12.2. The number of carbonyl (C=O) groups excluding carboxylic acids is 2. The number of rotatable bonds is 10. The van der Waals surface area contributed by atoms with E-state index < -0.39 is 29.2 Å². The Bertz CT molecular complexity index is 1490. The van der Waals surface area contributed by atoms with Gasteiger partial charge in [0, 0.05) is 16.8 Å². The largest absolute Gasteiger partial charge is 0.493 e. The number of aromatic nitrogens is 3. The highest BCUT2D eigenvalue weighted by atomic mass is 19.1. The molecule has 0 aliphatic rings. The average Bonchev–Trinajstić information content (AvgIpc) is 3.33. The van der Waals surface area contributed by atoms with Crippen molar-refractivity contribution in [3.05, 3.63) is 78.1 Å². The van der Waals surface area contributed by atoms with Crippen molar-refractivity contribution in [2.75, 3.05) is 19.1 Å². The number of fused-ring (bicyclic) bond motifs is 1. The van der Waals surface area contributed by atoms with Crippen LogP contribution in [0.2, 0.25) is 0 Å². The molecule has 2 amide bonds. The number of para-hydroxylation sites is 2. The van der Waals surface area contributed by atoms with Crippen LogP contribution >= 0.6 is 0 Å². The van der Waals surface area contributed by atoms with Crippen LogP contribution in [0.1, 0.15) is 38.8 Å². The van der Waals surface area contributed by atoms with Crippen molar-refractivity contribution in [3.63, 3.8) is 0 Å². The van der Waals surface area contributed by atoms with Crippen molar-refractivity contribution < 1.29 is 23.5 Å². The Kier molecular flexibility index (Phi) is 8.13. The van der Waals surface area contributed by atoms with Gasteiger partial charge in [-0.2, -0.15) is 0 Å². The molecule has 4 rings (SSSR count). The predicted octanol–water partition coefficient (Wildman–Crippen LogP) is 4.67. The van der Waals surface area contributed by atoms with Gasteiger partial charge in [-0.15, -0.1) is 5.10 Å². The van der Waals surface area contributed by atoms with E-state index in [0.29, 0.717) is 28.8 Å². The first-order valence-electron chi connectivity index (χ1n) is 12.6. The van der Waals surface area contributed by atoms with Gasteiger partial charge in [0.05, 0.1) is 19.7 Å². The maximum Gasteiger partial charge on any atom is 0.249 e. The molecule has 0 spiro atoms. The van der Waals surface area contributed by atoms with Crippen molar-refractivity contribution in [3.8, 4) is 11.5 Å². The van der Waals surface area contributed by atoms with Crippen LogP contribution in [0.25, 0.3) is 11.0 Å². The summed E-state index contributed by atoms with van der Waals surface area (Å²) in [7, 11) is 2.95. The van der Waals surface area contributed by atoms with Crippen molar-refractivity contribution in [1.29, 1.82) is 0 Å². The molecule has 0 aliphatic heterocycles. The summed E-state index contributed by atoms with van der Waals surface area (Å²) < 4.78 is 27.1. The van der Waals surface area contributed by atoms with E-state index in [0.717, 1.165) is 0 Å². The van der Waals surface area contributed by atoms with Gasteiger partial charge in [0.25, 0.3) is 0 Å². The SMILES string of the molecule is CCC(C)(C)NC(=O)[C@@H](c1cccc(OC)c1OC)N(C(=O)Cn1nnc2ccccc21)c1cccc(F)c1. The molecule has 1 aromatic heterocycles. The number of halogens is 1. The molecule has 4 aromatic rings. The second kappa shape index (κ2) is 11.5. The van der Waals surface area contributed by atoms with E-state index >= 15 is 0 Å². The van der Waals surface area contributed by atoms with Crippen LogP contribution in [0.15, 0.2) is 66.7 Å². The number of hydrogen-bond acceptors (Lipinski definition) is 6. The molecule has 0 radical (unpaired) electrons. The highest BCUT2D eigenvalue weighted by Gasteiger charge is 2.38. The Labute approximate surface area is 226 Å². The monoisotopic (exact) mass is 533 g/mol. The minimum atomic E-state index is -1.23. The van der Waals surface area contributed by atoms with Gasteiger partial charge in [-0.1, -0.05) is 42.5 Å². The van der Waals surface area contributed by atoms with E-state index in [1.165, 1.54) is 42.0 Å². The van der Waals surface area contributed by atoms with E-state index in [2.05, 4.69) is 15.6 Å². The highest BCUT2D eigenvalue weighted by Crippen LogP contribution is 2.39. The van der Waals surface area contributed by atoms with E-state index in [1.54, 1.807) is 36.4 Å². The number of carbonyl (C=O) groups is 2. The molecule has 1 heterocycles. The Hall–Kier alpha value is -4.47. The van der Waals surface area contributed by atoms with Crippen molar-refractivity contribution in [2.45, 2.75) is 45.3 Å². The topological polar surface area (TPSA) is 98.6 Å². The molecule has 0 bridgehead atoms. The third-order valence-electron chi connectivity index (χ3n) is 6.64. The van der Waals surface area contributed by atoms with Crippen LogP contribution in [-0.2, 0) is 16.1 Å². The molecule has 1 atom stereocenters. The van der Waals surface area contributed by atoms with Crippen molar-refractivity contribution >= 4 is 28.5 Å². The average molecular weight is 534 g/mol. The molecule has 204 valence electrons. The van der Waals surface area contributed by atoms with E-state index in [-0.39, 0.29) is 18.0 Å². The summed E-state index contributed by atoms with van der Waals surface area (Å²) in [4.78, 5) is 29.5. The lowest BCUT2D eigenvalue weighted by Crippen LogP contribution is -2.51. The Morgan fingerprint density at radius 3 is 2.49 bits per heavy atom. The number of anilines is 1. The molecule has 9 nitrogen and oxygen atoms in total. The number of ether oxygens (including phenoxy) is 2. The zero-order chi connectivity index (χ0) is 28.2. The predicted molar refractivity (Wildman–Crippen MR) is 146 cm³/mol. The fraction of sp³-hybridized carbons (Fsp3) is 0.310. The molecule has 0 unspecified atom stereocenters. The van der Waals surface area contributed by atoms with Gasteiger partial charge < -0.3 is 14.8 Å². The van der Waals surface area contributed by atoms with E-state index in [4.69, 9.17) is 9.47 Å². The highest BCUT2D eigenvalue weighted by molar-refractivity contribution is 6.02. The lowest BCUT2D eigenvalue weighted by Gasteiger charge is -2.35. The lowest BCUT2D eigenvalue weighted by atomic mass is 9.97. The van der Waals surface area contributed by atoms with Gasteiger partial charge in [0.1, 0.15) is 23.9 Å². The molecule has 0 aliphatic carbocycles. The first-order valence-corrected chi connectivity index (χ1v) is 12.6. The quantitative estimate of drug-likeness (QED) is 0.318. The minimum absolute atomic E-state index is 0.198. The number of methoxy groups -OCH3 is 2. The number of nitrogens with zero attached hydrogens (tertiary/aromatic N) is 4. The first kappa shape index (κ1) is 27.6. The zero-order valence-electron chi connectivity index (χ0n) is 22.6. The summed E-state index contributed by atoms with van der Waals surface area (Å²) in [5.41, 5.74) is 1.26. The molecule has 0 saturated carbocycles. The number of nitrogens with one attached hydrogen (secondary N) is 1. The van der Waals surface area contributed by atoms with E-state index in [1.807, 2.05) is 32.9 Å². The second-order valence-corrected chi connectivity index (χ2v) is 9.69.